The van der Waals surface area contributed by atoms with Gasteiger partial charge >= 0.3 is 0 Å². The third-order valence-electron chi connectivity index (χ3n) is 4.03. The molecule has 1 unspecified atom stereocenters. The second-order valence-corrected chi connectivity index (χ2v) is 6.85. The van der Waals surface area contributed by atoms with E-state index in [2.05, 4.69) is 13.8 Å². The SMILES string of the molecule is CCCCCCCCCC(S)CCCCCCCC. The molecule has 1 atom stereocenters. The van der Waals surface area contributed by atoms with Crippen LogP contribution >= 0.6 is 12.6 Å². The van der Waals surface area contributed by atoms with Crippen molar-refractivity contribution in [3.05, 3.63) is 0 Å². The van der Waals surface area contributed by atoms with Crippen molar-refractivity contribution in [2.24, 2.45) is 0 Å². The predicted octanol–water partition coefficient (Wildman–Crippen LogP) is 7.18. The minimum atomic E-state index is 0.668. The molecule has 0 heterocycles. The zero-order chi connectivity index (χ0) is 14.2. The van der Waals surface area contributed by atoms with Gasteiger partial charge in [0, 0.05) is 5.25 Å². The topological polar surface area (TPSA) is 0 Å². The average Bonchev–Trinajstić information content (AvgIpc) is 2.41. The van der Waals surface area contributed by atoms with Crippen LogP contribution < -0.4 is 0 Å². The number of unbranched alkanes of at least 4 members (excludes halogenated alkanes) is 11. The third kappa shape index (κ3) is 16.3. The molecule has 0 aromatic heterocycles. The molecule has 0 aromatic carbocycles. The van der Waals surface area contributed by atoms with Crippen LogP contribution in [-0.4, -0.2) is 5.25 Å². The largest absolute Gasteiger partial charge is 0.176 e. The van der Waals surface area contributed by atoms with Crippen molar-refractivity contribution < 1.29 is 0 Å². The first-order valence-corrected chi connectivity index (χ1v) is 9.51. The Kier molecular flexibility index (Phi) is 16.7. The summed E-state index contributed by atoms with van der Waals surface area (Å²) >= 11 is 4.73. The van der Waals surface area contributed by atoms with Crippen LogP contribution in [0, 0.1) is 0 Å². The van der Waals surface area contributed by atoms with Gasteiger partial charge in [0.1, 0.15) is 0 Å². The molecule has 0 aromatic rings. The summed E-state index contributed by atoms with van der Waals surface area (Å²) in [5, 5.41) is 0.668. The van der Waals surface area contributed by atoms with Crippen LogP contribution in [0.4, 0.5) is 0 Å². The lowest BCUT2D eigenvalue weighted by molar-refractivity contribution is 0.540. The Hall–Kier alpha value is 0.350. The van der Waals surface area contributed by atoms with Gasteiger partial charge in [-0.2, -0.15) is 12.6 Å². The lowest BCUT2D eigenvalue weighted by Crippen LogP contribution is -1.98. The van der Waals surface area contributed by atoms with E-state index >= 15 is 0 Å². The molecule has 0 fully saturated rings. The minimum Gasteiger partial charge on any atom is -0.176 e. The first-order chi connectivity index (χ1) is 9.31. The van der Waals surface area contributed by atoms with E-state index in [0.29, 0.717) is 5.25 Å². The van der Waals surface area contributed by atoms with E-state index < -0.39 is 0 Å². The predicted molar refractivity (Wildman–Crippen MR) is 93.4 cm³/mol. The first-order valence-electron chi connectivity index (χ1n) is 8.99. The summed E-state index contributed by atoms with van der Waals surface area (Å²) in [5.74, 6) is 0. The molecule has 1 heteroatoms. The van der Waals surface area contributed by atoms with Crippen molar-refractivity contribution in [1.29, 1.82) is 0 Å². The van der Waals surface area contributed by atoms with Gasteiger partial charge in [-0.1, -0.05) is 97.3 Å². The van der Waals surface area contributed by atoms with E-state index in [1.807, 2.05) is 0 Å². The van der Waals surface area contributed by atoms with Gasteiger partial charge in [-0.25, -0.2) is 0 Å². The highest BCUT2D eigenvalue weighted by Gasteiger charge is 2.02. The Balaban J connectivity index is 3.10. The van der Waals surface area contributed by atoms with Crippen molar-refractivity contribution in [3.8, 4) is 0 Å². The Morgan fingerprint density at radius 3 is 1.21 bits per heavy atom. The molecule has 0 N–H and O–H groups in total. The normalized spacial score (nSPS) is 12.8. The van der Waals surface area contributed by atoms with Gasteiger partial charge in [0.2, 0.25) is 0 Å². The van der Waals surface area contributed by atoms with Crippen molar-refractivity contribution in [2.45, 2.75) is 115 Å². The Bertz CT molecular complexity index is 156. The van der Waals surface area contributed by atoms with E-state index in [0.717, 1.165) is 0 Å². The summed E-state index contributed by atoms with van der Waals surface area (Å²) < 4.78 is 0. The highest BCUT2D eigenvalue weighted by molar-refractivity contribution is 7.80. The van der Waals surface area contributed by atoms with Crippen LogP contribution in [0.3, 0.4) is 0 Å². The molecule has 0 radical (unpaired) electrons. The van der Waals surface area contributed by atoms with Gasteiger partial charge in [-0.15, -0.1) is 0 Å². The number of hydrogen-bond acceptors (Lipinski definition) is 1. The summed E-state index contributed by atoms with van der Waals surface area (Å²) in [7, 11) is 0. The van der Waals surface area contributed by atoms with Gasteiger partial charge in [0.05, 0.1) is 0 Å². The zero-order valence-corrected chi connectivity index (χ0v) is 14.5. The van der Waals surface area contributed by atoms with Crippen molar-refractivity contribution in [1.82, 2.24) is 0 Å². The monoisotopic (exact) mass is 286 g/mol. The first kappa shape index (κ1) is 19.4. The summed E-state index contributed by atoms with van der Waals surface area (Å²) in [4.78, 5) is 0. The summed E-state index contributed by atoms with van der Waals surface area (Å²) in [5.41, 5.74) is 0. The summed E-state index contributed by atoms with van der Waals surface area (Å²) in [6, 6.07) is 0. The van der Waals surface area contributed by atoms with Gasteiger partial charge in [0.15, 0.2) is 0 Å². The van der Waals surface area contributed by atoms with Gasteiger partial charge in [-0.05, 0) is 12.8 Å². The fourth-order valence-electron chi connectivity index (χ4n) is 2.64. The molecular weight excluding hydrogens is 248 g/mol. The second-order valence-electron chi connectivity index (χ2n) is 6.12. The van der Waals surface area contributed by atoms with Crippen LogP contribution in [0.5, 0.6) is 0 Å². The van der Waals surface area contributed by atoms with Crippen LogP contribution in [0.1, 0.15) is 110 Å². The molecule has 0 spiro atoms. The Morgan fingerprint density at radius 2 is 0.842 bits per heavy atom. The maximum atomic E-state index is 4.73. The van der Waals surface area contributed by atoms with Gasteiger partial charge in [-0.3, -0.25) is 0 Å². The molecule has 0 saturated carbocycles. The highest BCUT2D eigenvalue weighted by Crippen LogP contribution is 2.17. The van der Waals surface area contributed by atoms with Gasteiger partial charge < -0.3 is 0 Å². The molecule has 0 amide bonds. The molecular formula is C18H38S. The summed E-state index contributed by atoms with van der Waals surface area (Å²) in [6.07, 6.45) is 21.1. The molecule has 0 saturated heterocycles. The molecule has 0 aliphatic heterocycles. The van der Waals surface area contributed by atoms with E-state index in [4.69, 9.17) is 12.6 Å². The molecule has 0 bridgehead atoms. The molecule has 0 nitrogen and oxygen atoms in total. The number of rotatable bonds is 15. The van der Waals surface area contributed by atoms with Crippen LogP contribution in [0.25, 0.3) is 0 Å². The lowest BCUT2D eigenvalue weighted by Gasteiger charge is -2.10. The van der Waals surface area contributed by atoms with E-state index in [1.165, 1.54) is 96.3 Å². The minimum absolute atomic E-state index is 0.668. The second kappa shape index (κ2) is 16.4. The third-order valence-corrected chi connectivity index (χ3v) is 4.55. The average molecular weight is 287 g/mol. The number of thiol groups is 1. The summed E-state index contributed by atoms with van der Waals surface area (Å²) in [6.45, 7) is 4.57. The number of hydrogen-bond donors (Lipinski definition) is 1. The van der Waals surface area contributed by atoms with Crippen molar-refractivity contribution in [3.63, 3.8) is 0 Å². The van der Waals surface area contributed by atoms with Crippen LogP contribution in [0.2, 0.25) is 0 Å². The highest BCUT2D eigenvalue weighted by atomic mass is 32.1. The van der Waals surface area contributed by atoms with Crippen molar-refractivity contribution >= 4 is 12.6 Å². The smallest absolute Gasteiger partial charge is 0.00168 e. The molecule has 0 aliphatic rings. The lowest BCUT2D eigenvalue weighted by atomic mass is 10.0. The van der Waals surface area contributed by atoms with E-state index in [9.17, 15) is 0 Å². The maximum Gasteiger partial charge on any atom is 0.00168 e. The fourth-order valence-corrected chi connectivity index (χ4v) is 3.01. The standard InChI is InChI=1S/C18H38S/c1-3-5-7-9-11-13-15-17-18(19)16-14-12-10-8-6-4-2/h18-19H,3-17H2,1-2H3. The zero-order valence-electron chi connectivity index (χ0n) is 13.6. The molecule has 116 valence electrons. The Morgan fingerprint density at radius 1 is 0.526 bits per heavy atom. The Labute approximate surface area is 128 Å². The van der Waals surface area contributed by atoms with Crippen molar-refractivity contribution in [2.75, 3.05) is 0 Å². The van der Waals surface area contributed by atoms with Crippen LogP contribution in [0.15, 0.2) is 0 Å². The van der Waals surface area contributed by atoms with E-state index in [1.54, 1.807) is 0 Å². The quantitative estimate of drug-likeness (QED) is 0.239. The van der Waals surface area contributed by atoms with Gasteiger partial charge in [0.25, 0.3) is 0 Å². The van der Waals surface area contributed by atoms with Crippen LogP contribution in [-0.2, 0) is 0 Å². The molecule has 0 aliphatic carbocycles. The molecule has 19 heavy (non-hydrogen) atoms. The fraction of sp³-hybridized carbons (Fsp3) is 1.00. The molecule has 0 rings (SSSR count). The van der Waals surface area contributed by atoms with E-state index in [-0.39, 0.29) is 0 Å². The maximum absolute atomic E-state index is 4.73.